The third-order valence-electron chi connectivity index (χ3n) is 4.90. The van der Waals surface area contributed by atoms with Gasteiger partial charge in [-0.3, -0.25) is 10.1 Å². The summed E-state index contributed by atoms with van der Waals surface area (Å²) in [5.41, 5.74) is 2.15. The van der Waals surface area contributed by atoms with Crippen LogP contribution in [-0.4, -0.2) is 21.4 Å². The molecule has 8 heteroatoms. The predicted molar refractivity (Wildman–Crippen MR) is 110 cm³/mol. The predicted octanol–water partition coefficient (Wildman–Crippen LogP) is 4.87. The van der Waals surface area contributed by atoms with Crippen molar-refractivity contribution in [1.29, 1.82) is 0 Å². The molecule has 2 N–H and O–H groups in total. The molecule has 1 aliphatic rings. The number of nitro groups is 1. The van der Waals surface area contributed by atoms with Crippen molar-refractivity contribution in [2.24, 2.45) is 5.92 Å². The highest BCUT2D eigenvalue weighted by molar-refractivity contribution is 9.10. The molecule has 0 unspecified atom stereocenters. The Balaban J connectivity index is 1.70. The van der Waals surface area contributed by atoms with E-state index in [-0.39, 0.29) is 11.5 Å². The van der Waals surface area contributed by atoms with Crippen LogP contribution in [0.1, 0.15) is 36.8 Å². The fourth-order valence-corrected chi connectivity index (χ4v) is 3.59. The zero-order chi connectivity index (χ0) is 19.2. The SMILES string of the molecule is Cc1c(Br)cccc1CNc1ncc([N+](=O)[O-])c(NCC2CC[CH]CC2)n1. The van der Waals surface area contributed by atoms with E-state index in [4.69, 9.17) is 0 Å². The van der Waals surface area contributed by atoms with E-state index in [1.165, 1.54) is 6.20 Å². The number of nitrogens with one attached hydrogen (secondary N) is 2. The third-order valence-corrected chi connectivity index (χ3v) is 5.76. The maximum absolute atomic E-state index is 11.3. The molecule has 143 valence electrons. The molecule has 7 nitrogen and oxygen atoms in total. The highest BCUT2D eigenvalue weighted by atomic mass is 79.9. The summed E-state index contributed by atoms with van der Waals surface area (Å²) in [7, 11) is 0. The maximum Gasteiger partial charge on any atom is 0.329 e. The van der Waals surface area contributed by atoms with Gasteiger partial charge in [0.1, 0.15) is 6.20 Å². The van der Waals surface area contributed by atoms with Crippen molar-refractivity contribution in [2.75, 3.05) is 17.2 Å². The summed E-state index contributed by atoms with van der Waals surface area (Å²) in [5, 5.41) is 17.6. The quantitative estimate of drug-likeness (QED) is 0.478. The lowest BCUT2D eigenvalue weighted by Gasteiger charge is -2.21. The Kier molecular flexibility index (Phi) is 6.60. The molecule has 0 saturated heterocycles. The largest absolute Gasteiger partial charge is 0.364 e. The third kappa shape index (κ3) is 5.15. The zero-order valence-electron chi connectivity index (χ0n) is 15.2. The average Bonchev–Trinajstić information content (AvgIpc) is 2.68. The number of nitrogens with zero attached hydrogens (tertiary/aromatic N) is 3. The van der Waals surface area contributed by atoms with E-state index >= 15 is 0 Å². The summed E-state index contributed by atoms with van der Waals surface area (Å²) in [6.07, 6.45) is 8.00. The Bertz CT molecular complexity index is 809. The molecule has 1 aromatic heterocycles. The monoisotopic (exact) mass is 432 g/mol. The Morgan fingerprint density at radius 2 is 2.07 bits per heavy atom. The smallest absolute Gasteiger partial charge is 0.329 e. The van der Waals surface area contributed by atoms with E-state index in [0.717, 1.165) is 41.3 Å². The van der Waals surface area contributed by atoms with Gasteiger partial charge < -0.3 is 10.6 Å². The van der Waals surface area contributed by atoms with Crippen LogP contribution in [0, 0.1) is 29.4 Å². The van der Waals surface area contributed by atoms with Crippen molar-refractivity contribution < 1.29 is 4.92 Å². The first kappa shape index (κ1) is 19.5. The fourth-order valence-electron chi connectivity index (χ4n) is 3.18. The molecule has 2 aromatic rings. The molecule has 0 aliphatic heterocycles. The van der Waals surface area contributed by atoms with E-state index in [0.29, 0.717) is 25.0 Å². The molecule has 0 bridgehead atoms. The number of halogens is 1. The van der Waals surface area contributed by atoms with Crippen molar-refractivity contribution in [3.8, 4) is 0 Å². The maximum atomic E-state index is 11.3. The minimum Gasteiger partial charge on any atom is -0.364 e. The van der Waals surface area contributed by atoms with Gasteiger partial charge in [-0.1, -0.05) is 28.1 Å². The normalized spacial score (nSPS) is 14.7. The summed E-state index contributed by atoms with van der Waals surface area (Å²) in [5.74, 6) is 1.17. The first-order valence-corrected chi connectivity index (χ1v) is 9.88. The summed E-state index contributed by atoms with van der Waals surface area (Å²) >= 11 is 3.52. The second kappa shape index (κ2) is 9.12. The van der Waals surface area contributed by atoms with E-state index in [2.05, 4.69) is 43.0 Å². The first-order chi connectivity index (χ1) is 13.0. The van der Waals surface area contributed by atoms with Gasteiger partial charge in [-0.05, 0) is 62.1 Å². The number of anilines is 2. The average molecular weight is 433 g/mol. The van der Waals surface area contributed by atoms with Gasteiger partial charge in [-0.15, -0.1) is 0 Å². The molecule has 1 fully saturated rings. The molecular weight excluding hydrogens is 410 g/mol. The van der Waals surface area contributed by atoms with E-state index in [9.17, 15) is 10.1 Å². The molecular formula is C19H23BrN5O2. The highest BCUT2D eigenvalue weighted by Gasteiger charge is 2.20. The van der Waals surface area contributed by atoms with Gasteiger partial charge in [-0.25, -0.2) is 4.98 Å². The van der Waals surface area contributed by atoms with Crippen LogP contribution in [-0.2, 0) is 6.54 Å². The van der Waals surface area contributed by atoms with Gasteiger partial charge in [0.05, 0.1) is 4.92 Å². The molecule has 1 saturated carbocycles. The fraction of sp³-hybridized carbons (Fsp3) is 0.421. The molecule has 27 heavy (non-hydrogen) atoms. The summed E-state index contributed by atoms with van der Waals surface area (Å²) in [4.78, 5) is 19.3. The molecule has 0 atom stereocenters. The summed E-state index contributed by atoms with van der Waals surface area (Å²) in [6.45, 7) is 3.27. The van der Waals surface area contributed by atoms with Gasteiger partial charge in [-0.2, -0.15) is 4.98 Å². The molecule has 1 aliphatic carbocycles. The van der Waals surface area contributed by atoms with Gasteiger partial charge in [0.2, 0.25) is 11.8 Å². The standard InChI is InChI=1S/C19H23BrN5O2/c1-13-15(8-5-9-16(13)20)11-22-19-23-12-17(25(26)27)18(24-19)21-10-14-6-3-2-4-7-14/h2,5,8-9,12,14H,3-4,6-7,10-11H2,1H3,(H2,21,22,23,24). The number of aromatic nitrogens is 2. The van der Waals surface area contributed by atoms with Crippen LogP contribution in [0.4, 0.5) is 17.5 Å². The summed E-state index contributed by atoms with van der Waals surface area (Å²) < 4.78 is 1.04. The highest BCUT2D eigenvalue weighted by Crippen LogP contribution is 2.26. The van der Waals surface area contributed by atoms with Crippen LogP contribution < -0.4 is 10.6 Å². The van der Waals surface area contributed by atoms with Crippen LogP contribution in [0.15, 0.2) is 28.9 Å². The lowest BCUT2D eigenvalue weighted by atomic mass is 9.89. The van der Waals surface area contributed by atoms with Gasteiger partial charge in [0.15, 0.2) is 0 Å². The first-order valence-electron chi connectivity index (χ1n) is 9.09. The second-order valence-corrected chi connectivity index (χ2v) is 7.61. The Morgan fingerprint density at radius 1 is 1.30 bits per heavy atom. The number of benzene rings is 1. The second-order valence-electron chi connectivity index (χ2n) is 6.75. The molecule has 0 amide bonds. The van der Waals surface area contributed by atoms with E-state index < -0.39 is 4.92 Å². The number of hydrogen-bond acceptors (Lipinski definition) is 6. The van der Waals surface area contributed by atoms with Crippen molar-refractivity contribution in [3.05, 3.63) is 56.5 Å². The zero-order valence-corrected chi connectivity index (χ0v) is 16.8. The van der Waals surface area contributed by atoms with Crippen LogP contribution >= 0.6 is 15.9 Å². The Morgan fingerprint density at radius 3 is 2.81 bits per heavy atom. The van der Waals surface area contributed by atoms with Crippen LogP contribution in [0.2, 0.25) is 0 Å². The number of hydrogen-bond donors (Lipinski definition) is 2. The van der Waals surface area contributed by atoms with E-state index in [1.54, 1.807) is 0 Å². The molecule has 0 spiro atoms. The van der Waals surface area contributed by atoms with Gasteiger partial charge in [0.25, 0.3) is 0 Å². The van der Waals surface area contributed by atoms with Crippen molar-refractivity contribution in [1.82, 2.24) is 9.97 Å². The van der Waals surface area contributed by atoms with Crippen molar-refractivity contribution in [2.45, 2.75) is 39.2 Å². The molecule has 3 rings (SSSR count). The minimum atomic E-state index is -0.445. The topological polar surface area (TPSA) is 93.0 Å². The van der Waals surface area contributed by atoms with Gasteiger partial charge >= 0.3 is 5.69 Å². The van der Waals surface area contributed by atoms with E-state index in [1.807, 2.05) is 25.1 Å². The lowest BCUT2D eigenvalue weighted by molar-refractivity contribution is -0.384. The van der Waals surface area contributed by atoms with Crippen molar-refractivity contribution >= 4 is 33.4 Å². The summed E-state index contributed by atoms with van der Waals surface area (Å²) in [6, 6.07) is 5.99. The van der Waals surface area contributed by atoms with Crippen LogP contribution in [0.25, 0.3) is 0 Å². The molecule has 1 radical (unpaired) electrons. The number of rotatable bonds is 7. The van der Waals surface area contributed by atoms with Crippen LogP contribution in [0.3, 0.4) is 0 Å². The Labute approximate surface area is 167 Å². The van der Waals surface area contributed by atoms with Gasteiger partial charge in [0, 0.05) is 17.6 Å². The van der Waals surface area contributed by atoms with Crippen LogP contribution in [0.5, 0.6) is 0 Å². The molecule has 1 aromatic carbocycles. The lowest BCUT2D eigenvalue weighted by Crippen LogP contribution is -2.19. The van der Waals surface area contributed by atoms with Crippen molar-refractivity contribution in [3.63, 3.8) is 0 Å². The minimum absolute atomic E-state index is 0.0958. The Hall–Kier alpha value is -2.22. The molecule has 1 heterocycles.